The first kappa shape index (κ1) is 24.5. The highest BCUT2D eigenvalue weighted by atomic mass is 79.9. The van der Waals surface area contributed by atoms with Crippen LogP contribution in [0.2, 0.25) is 0 Å². The molecule has 0 aliphatic rings. The van der Waals surface area contributed by atoms with Crippen LogP contribution in [0.5, 0.6) is 0 Å². The molecule has 0 fully saturated rings. The molecule has 4 nitrogen and oxygen atoms in total. The number of carbonyl (C=O) groups is 2. The third-order valence-electron chi connectivity index (χ3n) is 4.67. The first-order valence-electron chi connectivity index (χ1n) is 10.3. The molecule has 1 N–H and O–H groups in total. The minimum absolute atomic E-state index is 0.00693. The van der Waals surface area contributed by atoms with Crippen molar-refractivity contribution < 1.29 is 9.59 Å². The van der Waals surface area contributed by atoms with Crippen molar-refractivity contribution >= 4 is 39.5 Å². The van der Waals surface area contributed by atoms with Crippen LogP contribution in [0.3, 0.4) is 0 Å². The van der Waals surface area contributed by atoms with E-state index in [9.17, 15) is 9.59 Å². The number of rotatable bonds is 11. The quantitative estimate of drug-likeness (QED) is 0.467. The zero-order chi connectivity index (χ0) is 21.9. The summed E-state index contributed by atoms with van der Waals surface area (Å²) in [5.74, 6) is 1.39. The maximum Gasteiger partial charge on any atom is 0.242 e. The largest absolute Gasteiger partial charge is 0.354 e. The molecule has 162 valence electrons. The lowest BCUT2D eigenvalue weighted by Crippen LogP contribution is -2.50. The summed E-state index contributed by atoms with van der Waals surface area (Å²) >= 11 is 5.02. The number of amides is 2. The van der Waals surface area contributed by atoms with Gasteiger partial charge in [0, 0.05) is 23.3 Å². The van der Waals surface area contributed by atoms with Gasteiger partial charge in [-0.25, -0.2) is 0 Å². The average Bonchev–Trinajstić information content (AvgIpc) is 2.74. The van der Waals surface area contributed by atoms with Crippen molar-refractivity contribution in [2.45, 2.75) is 45.5 Å². The van der Waals surface area contributed by atoms with Gasteiger partial charge in [-0.3, -0.25) is 9.59 Å². The fourth-order valence-corrected chi connectivity index (χ4v) is 4.18. The van der Waals surface area contributed by atoms with Crippen molar-refractivity contribution in [3.8, 4) is 0 Å². The molecule has 1 atom stereocenters. The molecule has 0 unspecified atom stereocenters. The van der Waals surface area contributed by atoms with E-state index in [1.165, 1.54) is 5.56 Å². The monoisotopic (exact) mass is 490 g/mol. The second-order valence-corrected chi connectivity index (χ2v) is 9.59. The van der Waals surface area contributed by atoms with Crippen molar-refractivity contribution in [1.82, 2.24) is 10.2 Å². The van der Waals surface area contributed by atoms with Gasteiger partial charge in [-0.2, -0.15) is 0 Å². The van der Waals surface area contributed by atoms with Gasteiger partial charge in [-0.05, 0) is 35.6 Å². The molecule has 2 aromatic carbocycles. The Bertz CT molecular complexity index is 797. The van der Waals surface area contributed by atoms with Gasteiger partial charge in [0.1, 0.15) is 6.04 Å². The Morgan fingerprint density at radius 3 is 2.30 bits per heavy atom. The molecule has 2 amide bonds. The van der Waals surface area contributed by atoms with Crippen LogP contribution >= 0.6 is 27.7 Å². The minimum atomic E-state index is -0.468. The highest BCUT2D eigenvalue weighted by Crippen LogP contribution is 2.19. The number of nitrogens with zero attached hydrogens (tertiary/aromatic N) is 1. The van der Waals surface area contributed by atoms with Gasteiger partial charge >= 0.3 is 0 Å². The molecule has 6 heteroatoms. The summed E-state index contributed by atoms with van der Waals surface area (Å²) in [4.78, 5) is 27.7. The predicted molar refractivity (Wildman–Crippen MR) is 129 cm³/mol. The van der Waals surface area contributed by atoms with Gasteiger partial charge in [-0.1, -0.05) is 79.2 Å². The van der Waals surface area contributed by atoms with E-state index >= 15 is 0 Å². The van der Waals surface area contributed by atoms with Gasteiger partial charge in [0.2, 0.25) is 11.8 Å². The van der Waals surface area contributed by atoms with Crippen LogP contribution in [0.1, 0.15) is 38.3 Å². The number of hydrogen-bond acceptors (Lipinski definition) is 3. The van der Waals surface area contributed by atoms with Crippen molar-refractivity contribution in [1.29, 1.82) is 0 Å². The number of hydrogen-bond donors (Lipinski definition) is 1. The molecule has 30 heavy (non-hydrogen) atoms. The van der Waals surface area contributed by atoms with Crippen LogP contribution in [0, 0.1) is 5.92 Å². The summed E-state index contributed by atoms with van der Waals surface area (Å²) < 4.78 is 1.04. The molecule has 0 saturated heterocycles. The van der Waals surface area contributed by atoms with Crippen LogP contribution in [0.25, 0.3) is 0 Å². The molecule has 0 spiro atoms. The van der Waals surface area contributed by atoms with Gasteiger partial charge in [0.05, 0.1) is 5.75 Å². The molecule has 0 heterocycles. The highest BCUT2D eigenvalue weighted by Gasteiger charge is 2.28. The van der Waals surface area contributed by atoms with Crippen LogP contribution in [-0.2, 0) is 21.9 Å². The van der Waals surface area contributed by atoms with Crippen LogP contribution in [0.4, 0.5) is 0 Å². The van der Waals surface area contributed by atoms with Crippen LogP contribution in [-0.4, -0.2) is 35.1 Å². The van der Waals surface area contributed by atoms with Gasteiger partial charge in [0.25, 0.3) is 0 Å². The standard InChI is InChI=1S/C24H31BrN2O2S/c1-4-22(24(29)26-14-18(2)3)27(15-19-8-6-5-7-9-19)23(28)17-30-16-20-10-12-21(25)13-11-20/h5-13,18,22H,4,14-17H2,1-3H3,(H,26,29)/t22-/m1/s1. The normalized spacial score (nSPS) is 11.9. The molecule has 2 aromatic rings. The van der Waals surface area contributed by atoms with Crippen molar-refractivity contribution in [2.75, 3.05) is 12.3 Å². The SMILES string of the molecule is CC[C@H](C(=O)NCC(C)C)N(Cc1ccccc1)C(=O)CSCc1ccc(Br)cc1. The third-order valence-corrected chi connectivity index (χ3v) is 6.19. The van der Waals surface area contributed by atoms with E-state index in [4.69, 9.17) is 0 Å². The smallest absolute Gasteiger partial charge is 0.242 e. The Morgan fingerprint density at radius 2 is 1.70 bits per heavy atom. The number of nitrogens with one attached hydrogen (secondary N) is 1. The average molecular weight is 491 g/mol. The molecule has 0 aromatic heterocycles. The van der Waals surface area contributed by atoms with Crippen molar-refractivity contribution in [2.24, 2.45) is 5.92 Å². The molecular weight excluding hydrogens is 460 g/mol. The molecular formula is C24H31BrN2O2S. The molecule has 0 aliphatic carbocycles. The molecule has 0 bridgehead atoms. The summed E-state index contributed by atoms with van der Waals surface area (Å²) in [5.41, 5.74) is 2.20. The van der Waals surface area contributed by atoms with E-state index in [0.717, 1.165) is 15.8 Å². The summed E-state index contributed by atoms with van der Waals surface area (Å²) in [6.45, 7) is 7.13. The summed E-state index contributed by atoms with van der Waals surface area (Å²) in [6.07, 6.45) is 0.583. The maximum atomic E-state index is 13.2. The van der Waals surface area contributed by atoms with E-state index in [0.29, 0.717) is 31.2 Å². The Labute approximate surface area is 192 Å². The minimum Gasteiger partial charge on any atom is -0.354 e. The van der Waals surface area contributed by atoms with Gasteiger partial charge in [0.15, 0.2) is 0 Å². The van der Waals surface area contributed by atoms with E-state index < -0.39 is 6.04 Å². The predicted octanol–water partition coefficient (Wildman–Crippen LogP) is 5.26. The zero-order valence-corrected chi connectivity index (χ0v) is 20.3. The van der Waals surface area contributed by atoms with E-state index in [1.54, 1.807) is 16.7 Å². The van der Waals surface area contributed by atoms with E-state index in [2.05, 4.69) is 47.2 Å². The van der Waals surface area contributed by atoms with Crippen LogP contribution in [0.15, 0.2) is 59.1 Å². The lowest BCUT2D eigenvalue weighted by Gasteiger charge is -2.31. The number of carbonyl (C=O) groups excluding carboxylic acids is 2. The van der Waals surface area contributed by atoms with E-state index in [1.807, 2.05) is 49.4 Å². The first-order chi connectivity index (χ1) is 14.4. The fraction of sp³-hybridized carbons (Fsp3) is 0.417. The van der Waals surface area contributed by atoms with Gasteiger partial charge in [-0.15, -0.1) is 11.8 Å². The number of benzene rings is 2. The summed E-state index contributed by atoms with van der Waals surface area (Å²) in [5, 5.41) is 3.00. The molecule has 2 rings (SSSR count). The van der Waals surface area contributed by atoms with Crippen molar-refractivity contribution in [3.63, 3.8) is 0 Å². The van der Waals surface area contributed by atoms with Crippen molar-refractivity contribution in [3.05, 3.63) is 70.2 Å². The lowest BCUT2D eigenvalue weighted by atomic mass is 10.1. The summed E-state index contributed by atoms with van der Waals surface area (Å²) in [7, 11) is 0. The lowest BCUT2D eigenvalue weighted by molar-refractivity contribution is -0.139. The Hall–Kier alpha value is -1.79. The second-order valence-electron chi connectivity index (χ2n) is 7.69. The van der Waals surface area contributed by atoms with Crippen LogP contribution < -0.4 is 5.32 Å². The first-order valence-corrected chi connectivity index (χ1v) is 12.3. The van der Waals surface area contributed by atoms with E-state index in [-0.39, 0.29) is 11.8 Å². The second kappa shape index (κ2) is 12.8. The Kier molecular flexibility index (Phi) is 10.4. The number of halogens is 1. The topological polar surface area (TPSA) is 49.4 Å². The number of thioether (sulfide) groups is 1. The molecule has 0 aliphatic heterocycles. The zero-order valence-electron chi connectivity index (χ0n) is 17.9. The Morgan fingerprint density at radius 1 is 1.03 bits per heavy atom. The molecule has 0 saturated carbocycles. The highest BCUT2D eigenvalue weighted by molar-refractivity contribution is 9.10. The Balaban J connectivity index is 2.07. The fourth-order valence-electron chi connectivity index (χ4n) is 3.04. The summed E-state index contributed by atoms with van der Waals surface area (Å²) in [6, 6.07) is 17.5. The van der Waals surface area contributed by atoms with Gasteiger partial charge < -0.3 is 10.2 Å². The molecule has 0 radical (unpaired) electrons. The third kappa shape index (κ3) is 8.15. The maximum absolute atomic E-state index is 13.2.